The molecule has 158 valence electrons. The van der Waals surface area contributed by atoms with Crippen molar-refractivity contribution in [1.82, 2.24) is 0 Å². The molecule has 1 aromatic heterocycles. The van der Waals surface area contributed by atoms with Gasteiger partial charge in [-0.15, -0.1) is 11.3 Å². The highest BCUT2D eigenvalue weighted by Crippen LogP contribution is 2.38. The zero-order valence-corrected chi connectivity index (χ0v) is 17.7. The molecule has 0 aromatic carbocycles. The second-order valence-corrected chi connectivity index (χ2v) is 8.78. The summed E-state index contributed by atoms with van der Waals surface area (Å²) < 4.78 is 5.29. The molecule has 2 unspecified atom stereocenters. The van der Waals surface area contributed by atoms with Crippen molar-refractivity contribution < 1.29 is 24.2 Å². The number of amides is 1. The predicted molar refractivity (Wildman–Crippen MR) is 112 cm³/mol. The molecule has 2 N–H and O–H groups in total. The molecule has 6 nitrogen and oxygen atoms in total. The summed E-state index contributed by atoms with van der Waals surface area (Å²) in [5, 5.41) is 12.9. The average molecular weight is 420 g/mol. The lowest BCUT2D eigenvalue weighted by Crippen LogP contribution is -2.34. The number of esters is 1. The average Bonchev–Trinajstić information content (AvgIpc) is 3.08. The van der Waals surface area contributed by atoms with Gasteiger partial charge >= 0.3 is 11.9 Å². The first-order valence-electron chi connectivity index (χ1n) is 10.5. The van der Waals surface area contributed by atoms with Crippen molar-refractivity contribution in [3.05, 3.63) is 28.2 Å². The molecule has 1 heterocycles. The zero-order chi connectivity index (χ0) is 20.8. The first-order chi connectivity index (χ1) is 14.0. The summed E-state index contributed by atoms with van der Waals surface area (Å²) in [5.74, 6) is -3.08. The van der Waals surface area contributed by atoms with Crippen LogP contribution in [0.4, 0.5) is 5.00 Å². The van der Waals surface area contributed by atoms with Crippen LogP contribution in [-0.4, -0.2) is 29.6 Å². The number of thiophene rings is 1. The van der Waals surface area contributed by atoms with Crippen molar-refractivity contribution >= 4 is 34.2 Å². The summed E-state index contributed by atoms with van der Waals surface area (Å²) in [4.78, 5) is 38.4. The number of carbonyl (C=O) groups excluding carboxylic acids is 2. The van der Waals surface area contributed by atoms with Gasteiger partial charge in [-0.1, -0.05) is 31.4 Å². The standard InChI is InChI=1S/C22H29NO5S/c1-2-28-22(27)18-16-12-6-4-3-5-7-13-17(16)29-20(18)23-19(24)14-10-8-9-11-15(14)21(25)26/h8-9,14-15H,2-7,10-13H2,1H3,(H,23,24)(H,25,26). The van der Waals surface area contributed by atoms with E-state index in [4.69, 9.17) is 4.74 Å². The molecule has 0 radical (unpaired) electrons. The van der Waals surface area contributed by atoms with Crippen LogP contribution in [0.5, 0.6) is 0 Å². The zero-order valence-electron chi connectivity index (χ0n) is 16.9. The molecule has 0 spiro atoms. The Labute approximate surface area is 175 Å². The van der Waals surface area contributed by atoms with Crippen LogP contribution in [0.1, 0.15) is 72.7 Å². The van der Waals surface area contributed by atoms with E-state index in [0.717, 1.165) is 42.5 Å². The minimum atomic E-state index is -0.963. The molecule has 2 aliphatic carbocycles. The third-order valence-electron chi connectivity index (χ3n) is 5.72. The van der Waals surface area contributed by atoms with E-state index in [1.807, 2.05) is 12.2 Å². The number of anilines is 1. The molecular weight excluding hydrogens is 390 g/mol. The van der Waals surface area contributed by atoms with Crippen LogP contribution in [0.25, 0.3) is 0 Å². The van der Waals surface area contributed by atoms with Crippen molar-refractivity contribution in [3.63, 3.8) is 0 Å². The van der Waals surface area contributed by atoms with Crippen molar-refractivity contribution in [2.75, 3.05) is 11.9 Å². The molecule has 7 heteroatoms. The van der Waals surface area contributed by atoms with Crippen LogP contribution in [0.2, 0.25) is 0 Å². The number of hydrogen-bond acceptors (Lipinski definition) is 5. The summed E-state index contributed by atoms with van der Waals surface area (Å²) in [6.45, 7) is 2.04. The molecule has 1 amide bonds. The Morgan fingerprint density at radius 1 is 1.07 bits per heavy atom. The number of fused-ring (bicyclic) bond motifs is 1. The molecule has 0 saturated heterocycles. The van der Waals surface area contributed by atoms with E-state index >= 15 is 0 Å². The number of ether oxygens (including phenoxy) is 1. The predicted octanol–water partition coefficient (Wildman–Crippen LogP) is 4.58. The molecule has 2 atom stereocenters. The van der Waals surface area contributed by atoms with Gasteiger partial charge in [0.1, 0.15) is 5.00 Å². The topological polar surface area (TPSA) is 92.7 Å². The maximum atomic E-state index is 13.0. The summed E-state index contributed by atoms with van der Waals surface area (Å²) >= 11 is 1.45. The second kappa shape index (κ2) is 10.1. The van der Waals surface area contributed by atoms with E-state index in [9.17, 15) is 19.5 Å². The number of allylic oxidation sites excluding steroid dienone is 2. The van der Waals surface area contributed by atoms with Crippen molar-refractivity contribution in [1.29, 1.82) is 0 Å². The van der Waals surface area contributed by atoms with Gasteiger partial charge in [0, 0.05) is 4.88 Å². The summed E-state index contributed by atoms with van der Waals surface area (Å²) in [6, 6.07) is 0. The Morgan fingerprint density at radius 3 is 2.41 bits per heavy atom. The molecule has 29 heavy (non-hydrogen) atoms. The van der Waals surface area contributed by atoms with E-state index in [-0.39, 0.29) is 12.5 Å². The van der Waals surface area contributed by atoms with Crippen molar-refractivity contribution in [2.24, 2.45) is 11.8 Å². The highest BCUT2D eigenvalue weighted by molar-refractivity contribution is 7.17. The molecular formula is C22H29NO5S. The normalized spacial score (nSPS) is 22.0. The number of hydrogen-bond donors (Lipinski definition) is 2. The smallest absolute Gasteiger partial charge is 0.341 e. The molecule has 1 aromatic rings. The van der Waals surface area contributed by atoms with Gasteiger partial charge in [0.15, 0.2) is 0 Å². The molecule has 3 rings (SSSR count). The van der Waals surface area contributed by atoms with Crippen LogP contribution in [0.3, 0.4) is 0 Å². The highest BCUT2D eigenvalue weighted by Gasteiger charge is 2.35. The van der Waals surface area contributed by atoms with Gasteiger partial charge in [-0.05, 0) is 51.0 Å². The number of rotatable bonds is 5. The SMILES string of the molecule is CCOC(=O)c1c(NC(=O)C2CC=CCC2C(=O)O)sc2c1CCCCCCC2. The van der Waals surface area contributed by atoms with Crippen molar-refractivity contribution in [3.8, 4) is 0 Å². The molecule has 0 bridgehead atoms. The lowest BCUT2D eigenvalue weighted by Gasteiger charge is -2.24. The van der Waals surface area contributed by atoms with Gasteiger partial charge in [-0.25, -0.2) is 4.79 Å². The largest absolute Gasteiger partial charge is 0.481 e. The van der Waals surface area contributed by atoms with Crippen LogP contribution in [0, 0.1) is 11.8 Å². The number of carboxylic acid groups (broad SMARTS) is 1. The monoisotopic (exact) mass is 419 g/mol. The van der Waals surface area contributed by atoms with E-state index in [1.54, 1.807) is 6.92 Å². The fourth-order valence-electron chi connectivity index (χ4n) is 4.18. The molecule has 2 aliphatic rings. The number of aryl methyl sites for hydroxylation is 1. The number of carbonyl (C=O) groups is 3. The van der Waals surface area contributed by atoms with Gasteiger partial charge in [0.05, 0.1) is 24.0 Å². The third-order valence-corrected chi connectivity index (χ3v) is 6.93. The van der Waals surface area contributed by atoms with E-state index < -0.39 is 23.8 Å². The van der Waals surface area contributed by atoms with E-state index in [2.05, 4.69) is 5.32 Å². The maximum Gasteiger partial charge on any atom is 0.341 e. The van der Waals surface area contributed by atoms with Crippen LogP contribution in [0.15, 0.2) is 12.2 Å². The Balaban J connectivity index is 1.91. The first kappa shape index (κ1) is 21.6. The first-order valence-corrected chi connectivity index (χ1v) is 11.3. The fourth-order valence-corrected chi connectivity index (χ4v) is 5.47. The van der Waals surface area contributed by atoms with Crippen LogP contribution >= 0.6 is 11.3 Å². The number of nitrogens with one attached hydrogen (secondary N) is 1. The number of aliphatic carboxylic acids is 1. The van der Waals surface area contributed by atoms with Gasteiger partial charge in [-0.2, -0.15) is 0 Å². The quantitative estimate of drug-likeness (QED) is 0.538. The maximum absolute atomic E-state index is 13.0. The van der Waals surface area contributed by atoms with Crippen LogP contribution < -0.4 is 5.32 Å². The minimum Gasteiger partial charge on any atom is -0.481 e. The van der Waals surface area contributed by atoms with E-state index in [1.165, 1.54) is 24.2 Å². The van der Waals surface area contributed by atoms with Crippen LogP contribution in [-0.2, 0) is 27.2 Å². The van der Waals surface area contributed by atoms with Gasteiger partial charge < -0.3 is 15.2 Å². The lowest BCUT2D eigenvalue weighted by atomic mass is 9.82. The molecule has 0 aliphatic heterocycles. The lowest BCUT2D eigenvalue weighted by molar-refractivity contribution is -0.146. The molecule has 0 saturated carbocycles. The Bertz CT molecular complexity index is 797. The van der Waals surface area contributed by atoms with Gasteiger partial charge in [0.2, 0.25) is 5.91 Å². The van der Waals surface area contributed by atoms with Gasteiger partial charge in [0.25, 0.3) is 0 Å². The highest BCUT2D eigenvalue weighted by atomic mass is 32.1. The van der Waals surface area contributed by atoms with Crippen molar-refractivity contribution in [2.45, 2.75) is 64.7 Å². The Kier molecular flexibility index (Phi) is 7.47. The Hall–Kier alpha value is -2.15. The van der Waals surface area contributed by atoms with Gasteiger partial charge in [-0.3, -0.25) is 9.59 Å². The summed E-state index contributed by atoms with van der Waals surface area (Å²) in [7, 11) is 0. The summed E-state index contributed by atoms with van der Waals surface area (Å²) in [5.41, 5.74) is 1.48. The fraction of sp³-hybridized carbons (Fsp3) is 0.591. The third kappa shape index (κ3) is 5.07. The second-order valence-electron chi connectivity index (χ2n) is 7.68. The number of carboxylic acids is 1. The molecule has 0 fully saturated rings. The summed E-state index contributed by atoms with van der Waals surface area (Å²) in [6.07, 6.45) is 11.7. The van der Waals surface area contributed by atoms with E-state index in [0.29, 0.717) is 23.4 Å². The Morgan fingerprint density at radius 2 is 1.72 bits per heavy atom. The minimum absolute atomic E-state index is 0.269.